The summed E-state index contributed by atoms with van der Waals surface area (Å²) in [7, 11) is 0. The molecule has 0 aromatic carbocycles. The van der Waals surface area contributed by atoms with Crippen molar-refractivity contribution in [3.05, 3.63) is 28.0 Å². The average Bonchev–Trinajstić information content (AvgIpc) is 2.66. The van der Waals surface area contributed by atoms with E-state index < -0.39 is 4.92 Å². The number of hydrogen-bond donors (Lipinski definition) is 2. The van der Waals surface area contributed by atoms with E-state index in [0.29, 0.717) is 18.8 Å². The van der Waals surface area contributed by atoms with Crippen molar-refractivity contribution in [3.8, 4) is 0 Å². The molecule has 0 fully saturated rings. The summed E-state index contributed by atoms with van der Waals surface area (Å²) in [5.41, 5.74) is -0.210. The van der Waals surface area contributed by atoms with E-state index in [4.69, 9.17) is 9.52 Å². The molecule has 1 heterocycles. The highest BCUT2D eigenvalue weighted by molar-refractivity contribution is 5.17. The number of aliphatic hydroxyl groups excluding tert-OH is 1. The molecule has 0 saturated heterocycles. The monoisotopic (exact) mass is 228 g/mol. The molecule has 1 rings (SSSR count). The molecule has 0 aliphatic rings. The lowest BCUT2D eigenvalue weighted by Crippen LogP contribution is -2.31. The predicted molar refractivity (Wildman–Crippen MR) is 57.9 cm³/mol. The summed E-state index contributed by atoms with van der Waals surface area (Å²) in [4.78, 5) is 9.78. The molecule has 0 unspecified atom stereocenters. The number of aliphatic hydroxyl groups is 1. The van der Waals surface area contributed by atoms with Crippen LogP contribution in [0.5, 0.6) is 0 Å². The number of nitro groups is 1. The number of rotatable bonds is 6. The zero-order valence-electron chi connectivity index (χ0n) is 9.40. The highest BCUT2D eigenvalue weighted by atomic mass is 16.6. The quantitative estimate of drug-likeness (QED) is 0.565. The largest absolute Gasteiger partial charge is 0.433 e. The maximum atomic E-state index is 10.4. The number of nitrogens with zero attached hydrogens (tertiary/aromatic N) is 1. The van der Waals surface area contributed by atoms with Crippen LogP contribution in [0.2, 0.25) is 0 Å². The molecule has 0 amide bonds. The van der Waals surface area contributed by atoms with Crippen molar-refractivity contribution in [3.63, 3.8) is 0 Å². The van der Waals surface area contributed by atoms with Crippen molar-refractivity contribution in [2.24, 2.45) is 5.41 Å². The summed E-state index contributed by atoms with van der Waals surface area (Å²) in [6, 6.07) is 2.89. The highest BCUT2D eigenvalue weighted by Gasteiger charge is 2.16. The third kappa shape index (κ3) is 3.63. The lowest BCUT2D eigenvalue weighted by Gasteiger charge is -2.21. The van der Waals surface area contributed by atoms with Crippen LogP contribution in [-0.2, 0) is 6.54 Å². The normalized spacial score (nSPS) is 11.7. The van der Waals surface area contributed by atoms with Crippen molar-refractivity contribution < 1.29 is 14.4 Å². The first-order chi connectivity index (χ1) is 7.44. The summed E-state index contributed by atoms with van der Waals surface area (Å²) in [5.74, 6) is 0.263. The van der Waals surface area contributed by atoms with Gasteiger partial charge in [-0.05, 0) is 6.07 Å². The van der Waals surface area contributed by atoms with E-state index in [2.05, 4.69) is 5.32 Å². The summed E-state index contributed by atoms with van der Waals surface area (Å²) < 4.78 is 4.97. The van der Waals surface area contributed by atoms with Crippen molar-refractivity contribution in [1.82, 2.24) is 5.32 Å². The Morgan fingerprint density at radius 2 is 2.25 bits per heavy atom. The van der Waals surface area contributed by atoms with Crippen molar-refractivity contribution in [2.75, 3.05) is 13.2 Å². The van der Waals surface area contributed by atoms with Crippen LogP contribution in [0.15, 0.2) is 16.5 Å². The van der Waals surface area contributed by atoms with E-state index in [1.165, 1.54) is 6.07 Å². The standard InChI is InChI=1S/C10H16N2O4/c1-10(2,7-13)6-11-5-8-3-4-9(16-8)12(14)15/h3-4,11,13H,5-7H2,1-2H3. The zero-order chi connectivity index (χ0) is 12.2. The average molecular weight is 228 g/mol. The Morgan fingerprint density at radius 3 is 2.75 bits per heavy atom. The van der Waals surface area contributed by atoms with Gasteiger partial charge in [0, 0.05) is 18.6 Å². The van der Waals surface area contributed by atoms with E-state index in [0.717, 1.165) is 0 Å². The van der Waals surface area contributed by atoms with Crippen LogP contribution >= 0.6 is 0 Å². The molecule has 0 aliphatic carbocycles. The fourth-order valence-electron chi connectivity index (χ4n) is 1.14. The minimum absolute atomic E-state index is 0.0816. The van der Waals surface area contributed by atoms with Gasteiger partial charge in [-0.2, -0.15) is 0 Å². The molecule has 16 heavy (non-hydrogen) atoms. The van der Waals surface area contributed by atoms with Gasteiger partial charge in [0.1, 0.15) is 10.7 Å². The van der Waals surface area contributed by atoms with Crippen LogP contribution in [0.3, 0.4) is 0 Å². The minimum Gasteiger partial charge on any atom is -0.404 e. The highest BCUT2D eigenvalue weighted by Crippen LogP contribution is 2.16. The molecule has 90 valence electrons. The lowest BCUT2D eigenvalue weighted by atomic mass is 9.95. The molecule has 0 saturated carbocycles. The van der Waals surface area contributed by atoms with Crippen LogP contribution in [0, 0.1) is 15.5 Å². The van der Waals surface area contributed by atoms with Crippen LogP contribution in [0.1, 0.15) is 19.6 Å². The second-order valence-corrected chi connectivity index (χ2v) is 4.42. The Balaban J connectivity index is 2.40. The molecule has 0 atom stereocenters. The molecular formula is C10H16N2O4. The van der Waals surface area contributed by atoms with Crippen LogP contribution in [-0.4, -0.2) is 23.2 Å². The van der Waals surface area contributed by atoms with Crippen molar-refractivity contribution >= 4 is 5.88 Å². The molecule has 0 aliphatic heterocycles. The molecule has 0 spiro atoms. The van der Waals surface area contributed by atoms with Gasteiger partial charge < -0.3 is 14.8 Å². The van der Waals surface area contributed by atoms with Crippen LogP contribution < -0.4 is 5.32 Å². The lowest BCUT2D eigenvalue weighted by molar-refractivity contribution is -0.402. The summed E-state index contributed by atoms with van der Waals surface area (Å²) >= 11 is 0. The van der Waals surface area contributed by atoms with Gasteiger partial charge in [-0.1, -0.05) is 13.8 Å². The molecule has 1 aromatic heterocycles. The third-order valence-corrected chi connectivity index (χ3v) is 2.16. The van der Waals surface area contributed by atoms with Gasteiger partial charge in [0.2, 0.25) is 0 Å². The Bertz CT molecular complexity index is 359. The fraction of sp³-hybridized carbons (Fsp3) is 0.600. The first kappa shape index (κ1) is 12.7. The summed E-state index contributed by atoms with van der Waals surface area (Å²) in [5, 5.41) is 22.4. The van der Waals surface area contributed by atoms with Crippen molar-refractivity contribution in [2.45, 2.75) is 20.4 Å². The third-order valence-electron chi connectivity index (χ3n) is 2.16. The maximum Gasteiger partial charge on any atom is 0.433 e. The minimum atomic E-state index is -0.568. The van der Waals surface area contributed by atoms with Gasteiger partial charge in [-0.15, -0.1) is 0 Å². The van der Waals surface area contributed by atoms with E-state index >= 15 is 0 Å². The van der Waals surface area contributed by atoms with Gasteiger partial charge in [-0.3, -0.25) is 10.1 Å². The van der Waals surface area contributed by atoms with Crippen LogP contribution in [0.4, 0.5) is 5.88 Å². The SMILES string of the molecule is CC(C)(CO)CNCc1ccc([N+](=O)[O-])o1. The topological polar surface area (TPSA) is 88.5 Å². The van der Waals surface area contributed by atoms with Gasteiger partial charge in [0.15, 0.2) is 0 Å². The number of furan rings is 1. The summed E-state index contributed by atoms with van der Waals surface area (Å²) in [6.07, 6.45) is 0. The van der Waals surface area contributed by atoms with E-state index in [1.807, 2.05) is 13.8 Å². The van der Waals surface area contributed by atoms with Gasteiger partial charge in [0.25, 0.3) is 0 Å². The smallest absolute Gasteiger partial charge is 0.404 e. The first-order valence-electron chi connectivity index (χ1n) is 4.99. The molecule has 0 bridgehead atoms. The molecule has 0 radical (unpaired) electrons. The van der Waals surface area contributed by atoms with Gasteiger partial charge in [0.05, 0.1) is 12.6 Å². The number of nitrogens with one attached hydrogen (secondary N) is 1. The first-order valence-corrected chi connectivity index (χ1v) is 4.99. The number of hydrogen-bond acceptors (Lipinski definition) is 5. The van der Waals surface area contributed by atoms with Gasteiger partial charge in [-0.25, -0.2) is 0 Å². The molecular weight excluding hydrogens is 212 g/mol. The Kier molecular flexibility index (Phi) is 4.03. The maximum absolute atomic E-state index is 10.4. The Morgan fingerprint density at radius 1 is 1.56 bits per heavy atom. The van der Waals surface area contributed by atoms with E-state index in [1.54, 1.807) is 6.07 Å². The second kappa shape index (κ2) is 5.09. The van der Waals surface area contributed by atoms with E-state index in [-0.39, 0.29) is 17.9 Å². The second-order valence-electron chi connectivity index (χ2n) is 4.42. The van der Waals surface area contributed by atoms with E-state index in [9.17, 15) is 10.1 Å². The molecule has 1 aromatic rings. The molecule has 2 N–H and O–H groups in total. The van der Waals surface area contributed by atoms with Gasteiger partial charge >= 0.3 is 5.88 Å². The zero-order valence-corrected chi connectivity index (χ0v) is 9.40. The molecule has 6 heteroatoms. The fourth-order valence-corrected chi connectivity index (χ4v) is 1.14. The Labute approximate surface area is 93.4 Å². The summed E-state index contributed by atoms with van der Waals surface area (Å²) in [6.45, 7) is 4.95. The van der Waals surface area contributed by atoms with Crippen molar-refractivity contribution in [1.29, 1.82) is 0 Å². The molecule has 6 nitrogen and oxygen atoms in total. The predicted octanol–water partition coefficient (Wildman–Crippen LogP) is 1.30. The Hall–Kier alpha value is -1.40. The van der Waals surface area contributed by atoms with Crippen LogP contribution in [0.25, 0.3) is 0 Å².